The van der Waals surface area contributed by atoms with E-state index in [4.69, 9.17) is 16.3 Å². The maximum Gasteiger partial charge on any atom is 0.407 e. The molecule has 2 fully saturated rings. The maximum atomic E-state index is 12.9. The van der Waals surface area contributed by atoms with Gasteiger partial charge in [-0.2, -0.15) is 0 Å². The van der Waals surface area contributed by atoms with Gasteiger partial charge < -0.3 is 20.7 Å². The standard InChI is InChI=1S/C17H22ClN3O3/c18-13-3-1-2-12(8-13)9-17(4-6-19-7-5-17)15(22)20-10-14-11-21-16(23)24-14/h1-3,8,14,19H,4-7,9-11H2,(H,20,22)(H,21,23). The molecule has 2 aliphatic heterocycles. The maximum absolute atomic E-state index is 12.9. The molecule has 1 aromatic rings. The molecule has 1 aromatic carbocycles. The Hall–Kier alpha value is -1.79. The van der Waals surface area contributed by atoms with Crippen molar-refractivity contribution in [3.8, 4) is 0 Å². The van der Waals surface area contributed by atoms with Crippen molar-refractivity contribution in [1.82, 2.24) is 16.0 Å². The molecule has 0 aliphatic carbocycles. The van der Waals surface area contributed by atoms with Crippen LogP contribution in [0.4, 0.5) is 4.79 Å². The fourth-order valence-corrected chi connectivity index (χ4v) is 3.58. The Morgan fingerprint density at radius 1 is 1.38 bits per heavy atom. The lowest BCUT2D eigenvalue weighted by molar-refractivity contribution is -0.133. The predicted octanol–water partition coefficient (Wildman–Crippen LogP) is 1.48. The summed E-state index contributed by atoms with van der Waals surface area (Å²) in [7, 11) is 0. The minimum Gasteiger partial charge on any atom is -0.442 e. The number of carbonyl (C=O) groups excluding carboxylic acids is 2. The molecule has 0 saturated carbocycles. The largest absolute Gasteiger partial charge is 0.442 e. The number of alkyl carbamates (subject to hydrolysis) is 1. The summed E-state index contributed by atoms with van der Waals surface area (Å²) in [6.07, 6.45) is 1.47. The fourth-order valence-electron chi connectivity index (χ4n) is 3.37. The zero-order valence-electron chi connectivity index (χ0n) is 13.4. The molecule has 3 N–H and O–H groups in total. The van der Waals surface area contributed by atoms with E-state index in [1.165, 1.54) is 0 Å². The monoisotopic (exact) mass is 351 g/mol. The van der Waals surface area contributed by atoms with Crippen molar-refractivity contribution in [1.29, 1.82) is 0 Å². The van der Waals surface area contributed by atoms with Crippen molar-refractivity contribution in [3.63, 3.8) is 0 Å². The number of ether oxygens (including phenoxy) is 1. The number of nitrogens with one attached hydrogen (secondary N) is 3. The molecule has 3 rings (SSSR count). The quantitative estimate of drug-likeness (QED) is 0.750. The number of piperidine rings is 1. The zero-order chi connectivity index (χ0) is 17.0. The molecule has 2 amide bonds. The lowest BCUT2D eigenvalue weighted by atomic mass is 9.73. The van der Waals surface area contributed by atoms with Gasteiger partial charge in [0.2, 0.25) is 5.91 Å². The molecule has 1 unspecified atom stereocenters. The first kappa shape index (κ1) is 17.0. The number of halogens is 1. The number of benzene rings is 1. The van der Waals surface area contributed by atoms with Crippen molar-refractivity contribution < 1.29 is 14.3 Å². The Morgan fingerprint density at radius 2 is 2.17 bits per heavy atom. The Morgan fingerprint density at radius 3 is 2.83 bits per heavy atom. The molecule has 24 heavy (non-hydrogen) atoms. The van der Waals surface area contributed by atoms with Gasteiger partial charge in [0.25, 0.3) is 0 Å². The Bertz CT molecular complexity index is 617. The summed E-state index contributed by atoms with van der Waals surface area (Å²) in [4.78, 5) is 24.0. The topological polar surface area (TPSA) is 79.5 Å². The van der Waals surface area contributed by atoms with Crippen LogP contribution in [0.2, 0.25) is 5.02 Å². The molecule has 2 aliphatic rings. The number of hydrogen-bond acceptors (Lipinski definition) is 4. The average Bonchev–Trinajstić information content (AvgIpc) is 2.99. The highest BCUT2D eigenvalue weighted by molar-refractivity contribution is 6.30. The molecule has 0 radical (unpaired) electrons. The summed E-state index contributed by atoms with van der Waals surface area (Å²) < 4.78 is 5.07. The zero-order valence-corrected chi connectivity index (χ0v) is 14.2. The van der Waals surface area contributed by atoms with E-state index in [0.29, 0.717) is 24.5 Å². The minimum absolute atomic E-state index is 0.0203. The molecule has 0 spiro atoms. The number of cyclic esters (lactones) is 1. The van der Waals surface area contributed by atoms with Gasteiger partial charge in [0.1, 0.15) is 6.10 Å². The van der Waals surface area contributed by atoms with Gasteiger partial charge in [-0.25, -0.2) is 4.79 Å². The smallest absolute Gasteiger partial charge is 0.407 e. The molecule has 0 bridgehead atoms. The van der Waals surface area contributed by atoms with E-state index in [1.807, 2.05) is 24.3 Å². The molecule has 7 heteroatoms. The molecule has 1 atom stereocenters. The summed E-state index contributed by atoms with van der Waals surface area (Å²) in [5, 5.41) is 9.56. The highest BCUT2D eigenvalue weighted by atomic mass is 35.5. The van der Waals surface area contributed by atoms with E-state index < -0.39 is 11.5 Å². The number of rotatable bonds is 5. The van der Waals surface area contributed by atoms with Crippen molar-refractivity contribution in [2.45, 2.75) is 25.4 Å². The van der Waals surface area contributed by atoms with Crippen LogP contribution in [0.5, 0.6) is 0 Å². The molecule has 0 aromatic heterocycles. The molecule has 2 saturated heterocycles. The van der Waals surface area contributed by atoms with Gasteiger partial charge in [0.15, 0.2) is 0 Å². The van der Waals surface area contributed by atoms with Crippen LogP contribution >= 0.6 is 11.6 Å². The van der Waals surface area contributed by atoms with E-state index >= 15 is 0 Å². The van der Waals surface area contributed by atoms with E-state index in [1.54, 1.807) is 0 Å². The molecule has 6 nitrogen and oxygen atoms in total. The molecule has 130 valence electrons. The average molecular weight is 352 g/mol. The van der Waals surface area contributed by atoms with Gasteiger partial charge in [-0.05, 0) is 50.0 Å². The lowest BCUT2D eigenvalue weighted by Crippen LogP contribution is -2.50. The van der Waals surface area contributed by atoms with Gasteiger partial charge in [-0.3, -0.25) is 4.79 Å². The van der Waals surface area contributed by atoms with Crippen molar-refractivity contribution in [2.24, 2.45) is 5.41 Å². The van der Waals surface area contributed by atoms with E-state index in [2.05, 4.69) is 16.0 Å². The van der Waals surface area contributed by atoms with Crippen LogP contribution in [0.1, 0.15) is 18.4 Å². The summed E-state index contributed by atoms with van der Waals surface area (Å²) in [5.74, 6) is 0.0203. The van der Waals surface area contributed by atoms with Crippen LogP contribution in [0, 0.1) is 5.41 Å². The number of amides is 2. The minimum atomic E-state index is -0.452. The van der Waals surface area contributed by atoms with Crippen LogP contribution in [-0.2, 0) is 16.0 Å². The highest BCUT2D eigenvalue weighted by Crippen LogP contribution is 2.34. The summed E-state index contributed by atoms with van der Waals surface area (Å²) in [6.45, 7) is 2.40. The van der Waals surface area contributed by atoms with Crippen LogP contribution in [0.3, 0.4) is 0 Å². The van der Waals surface area contributed by atoms with Gasteiger partial charge in [-0.15, -0.1) is 0 Å². The summed E-state index contributed by atoms with van der Waals surface area (Å²) in [6, 6.07) is 7.67. The SMILES string of the molecule is O=C1NCC(CNC(=O)C2(Cc3cccc(Cl)c3)CCNCC2)O1. The number of carbonyl (C=O) groups is 2. The molecular weight excluding hydrogens is 330 g/mol. The lowest BCUT2D eigenvalue weighted by Gasteiger charge is -2.36. The summed E-state index contributed by atoms with van der Waals surface area (Å²) >= 11 is 6.08. The predicted molar refractivity (Wildman–Crippen MR) is 91.0 cm³/mol. The van der Waals surface area contributed by atoms with Crippen molar-refractivity contribution in [2.75, 3.05) is 26.2 Å². The van der Waals surface area contributed by atoms with Gasteiger partial charge in [-0.1, -0.05) is 23.7 Å². The molecular formula is C17H22ClN3O3. The van der Waals surface area contributed by atoms with Gasteiger partial charge in [0.05, 0.1) is 18.5 Å². The second-order valence-corrected chi connectivity index (χ2v) is 6.89. The third kappa shape index (κ3) is 3.99. The van der Waals surface area contributed by atoms with Gasteiger partial charge in [0, 0.05) is 5.02 Å². The van der Waals surface area contributed by atoms with Crippen molar-refractivity contribution >= 4 is 23.6 Å². The van der Waals surface area contributed by atoms with Crippen LogP contribution < -0.4 is 16.0 Å². The second kappa shape index (κ2) is 7.40. The Kier molecular flexibility index (Phi) is 5.26. The van der Waals surface area contributed by atoms with Gasteiger partial charge >= 0.3 is 6.09 Å². The first-order valence-corrected chi connectivity index (χ1v) is 8.63. The van der Waals surface area contributed by atoms with Crippen molar-refractivity contribution in [3.05, 3.63) is 34.9 Å². The Labute approximate surface area is 146 Å². The summed E-state index contributed by atoms with van der Waals surface area (Å²) in [5.41, 5.74) is 0.611. The Balaban J connectivity index is 1.67. The normalized spacial score (nSPS) is 22.5. The number of hydrogen-bond donors (Lipinski definition) is 3. The third-order valence-electron chi connectivity index (χ3n) is 4.71. The first-order chi connectivity index (χ1) is 11.6. The molecule has 2 heterocycles. The van der Waals surface area contributed by atoms with Crippen LogP contribution in [0.15, 0.2) is 24.3 Å². The second-order valence-electron chi connectivity index (χ2n) is 6.46. The first-order valence-electron chi connectivity index (χ1n) is 8.25. The van der Waals surface area contributed by atoms with E-state index in [0.717, 1.165) is 31.5 Å². The van der Waals surface area contributed by atoms with Crippen LogP contribution in [-0.4, -0.2) is 44.3 Å². The van der Waals surface area contributed by atoms with E-state index in [9.17, 15) is 9.59 Å². The third-order valence-corrected chi connectivity index (χ3v) is 4.95. The van der Waals surface area contributed by atoms with E-state index in [-0.39, 0.29) is 12.0 Å². The fraction of sp³-hybridized carbons (Fsp3) is 0.529. The van der Waals surface area contributed by atoms with Crippen LogP contribution in [0.25, 0.3) is 0 Å². The highest BCUT2D eigenvalue weighted by Gasteiger charge is 2.40.